The molecule has 0 unspecified atom stereocenters. The highest BCUT2D eigenvalue weighted by molar-refractivity contribution is 5.62. The zero-order valence-corrected chi connectivity index (χ0v) is 9.67. The van der Waals surface area contributed by atoms with Crippen molar-refractivity contribution in [3.05, 3.63) is 0 Å². The van der Waals surface area contributed by atoms with Crippen LogP contribution in [0.25, 0.3) is 0 Å². The van der Waals surface area contributed by atoms with Crippen LogP contribution in [0.4, 0.5) is 0 Å². The molecule has 0 aromatic heterocycles. The average molecular weight is 213 g/mol. The van der Waals surface area contributed by atoms with Gasteiger partial charge in [0.25, 0.3) is 5.97 Å². The fourth-order valence-electron chi connectivity index (χ4n) is 2.65. The first kappa shape index (κ1) is 12.5. The van der Waals surface area contributed by atoms with E-state index in [1.165, 1.54) is 44.9 Å². The fraction of sp³-hybridized carbons (Fsp3) is 0.917. The summed E-state index contributed by atoms with van der Waals surface area (Å²) in [5.74, 6) is 0.168. The van der Waals surface area contributed by atoms with E-state index in [1.807, 2.05) is 0 Å². The van der Waals surface area contributed by atoms with Crippen LogP contribution in [0.3, 0.4) is 0 Å². The van der Waals surface area contributed by atoms with Gasteiger partial charge in [-0.3, -0.25) is 4.79 Å². The average Bonchev–Trinajstić information content (AvgIpc) is 2.99. The number of hydrogen-bond acceptors (Lipinski definition) is 2. The Hall–Kier alpha value is -0.570. The molecule has 3 nitrogen and oxygen atoms in total. The van der Waals surface area contributed by atoms with E-state index in [0.29, 0.717) is 5.41 Å². The number of aliphatic carboxylic acids is 1. The highest BCUT2D eigenvalue weighted by Gasteiger charge is 2.47. The zero-order chi connectivity index (χ0) is 11.3. The summed E-state index contributed by atoms with van der Waals surface area (Å²) < 4.78 is 0. The van der Waals surface area contributed by atoms with Crippen LogP contribution >= 0.6 is 0 Å². The number of carboxylic acids is 1. The second-order valence-electron chi connectivity index (χ2n) is 4.92. The van der Waals surface area contributed by atoms with Crippen LogP contribution in [0.15, 0.2) is 0 Å². The molecule has 0 atom stereocenters. The van der Waals surface area contributed by atoms with Crippen molar-refractivity contribution in [1.29, 1.82) is 0 Å². The second kappa shape index (κ2) is 5.50. The van der Waals surface area contributed by atoms with Crippen LogP contribution in [0, 0.1) is 11.3 Å². The van der Waals surface area contributed by atoms with Crippen LogP contribution in [0.5, 0.6) is 0 Å². The van der Waals surface area contributed by atoms with Crippen LogP contribution in [0.2, 0.25) is 0 Å². The normalized spacial score (nSPS) is 23.9. The summed E-state index contributed by atoms with van der Waals surface area (Å²) in [6, 6.07) is 0. The third-order valence-electron chi connectivity index (χ3n) is 3.77. The zero-order valence-electron chi connectivity index (χ0n) is 9.67. The molecule has 2 rings (SSSR count). The van der Waals surface area contributed by atoms with E-state index >= 15 is 0 Å². The summed E-state index contributed by atoms with van der Waals surface area (Å²) in [6.45, 7) is 2.04. The van der Waals surface area contributed by atoms with E-state index in [-0.39, 0.29) is 0 Å². The van der Waals surface area contributed by atoms with Gasteiger partial charge in [0.2, 0.25) is 0 Å². The molecule has 0 saturated heterocycles. The van der Waals surface area contributed by atoms with E-state index in [2.05, 4.69) is 0 Å². The van der Waals surface area contributed by atoms with Crippen molar-refractivity contribution in [1.82, 2.24) is 0 Å². The minimum absolute atomic E-state index is 0.639. The molecule has 0 radical (unpaired) electrons. The maximum Gasteiger partial charge on any atom is 0.300 e. The Balaban J connectivity index is 0.000000245. The lowest BCUT2D eigenvalue weighted by atomic mass is 9.78. The van der Waals surface area contributed by atoms with Crippen molar-refractivity contribution in [2.24, 2.45) is 17.1 Å². The molecule has 2 saturated carbocycles. The monoisotopic (exact) mass is 213 g/mol. The number of carbonyl (C=O) groups is 1. The van der Waals surface area contributed by atoms with Crippen molar-refractivity contribution in [2.45, 2.75) is 51.9 Å². The Morgan fingerprint density at radius 3 is 2.13 bits per heavy atom. The van der Waals surface area contributed by atoms with Crippen molar-refractivity contribution < 1.29 is 9.90 Å². The third-order valence-corrected chi connectivity index (χ3v) is 3.77. The van der Waals surface area contributed by atoms with E-state index in [1.54, 1.807) is 0 Å². The van der Waals surface area contributed by atoms with Crippen molar-refractivity contribution >= 4 is 5.97 Å². The molecule has 15 heavy (non-hydrogen) atoms. The van der Waals surface area contributed by atoms with E-state index < -0.39 is 5.97 Å². The quantitative estimate of drug-likeness (QED) is 0.740. The van der Waals surface area contributed by atoms with E-state index in [4.69, 9.17) is 15.6 Å². The fourth-order valence-corrected chi connectivity index (χ4v) is 2.65. The third kappa shape index (κ3) is 3.82. The topological polar surface area (TPSA) is 63.3 Å². The van der Waals surface area contributed by atoms with E-state index in [0.717, 1.165) is 19.4 Å². The summed E-state index contributed by atoms with van der Waals surface area (Å²) in [5.41, 5.74) is 6.44. The maximum absolute atomic E-state index is 9.00. The molecule has 2 aliphatic carbocycles. The molecule has 0 aliphatic heterocycles. The molecule has 3 heteroatoms. The smallest absolute Gasteiger partial charge is 0.300 e. The number of hydrogen-bond donors (Lipinski definition) is 2. The maximum atomic E-state index is 9.00. The lowest BCUT2D eigenvalue weighted by Gasteiger charge is -2.29. The number of rotatable bonds is 2. The lowest BCUT2D eigenvalue weighted by molar-refractivity contribution is -0.134. The predicted octanol–water partition coefficient (Wildman–Crippen LogP) is 2.40. The molecule has 0 aromatic rings. The van der Waals surface area contributed by atoms with Crippen molar-refractivity contribution in [3.8, 4) is 0 Å². The molecular formula is C12H23NO2. The molecule has 2 aliphatic rings. The van der Waals surface area contributed by atoms with Gasteiger partial charge in [0.15, 0.2) is 0 Å². The van der Waals surface area contributed by atoms with Crippen LogP contribution in [-0.2, 0) is 4.79 Å². The van der Waals surface area contributed by atoms with Gasteiger partial charge in [0, 0.05) is 6.92 Å². The molecule has 0 aromatic carbocycles. The summed E-state index contributed by atoms with van der Waals surface area (Å²) in [7, 11) is 0. The molecular weight excluding hydrogens is 190 g/mol. The highest BCUT2D eigenvalue weighted by atomic mass is 16.4. The van der Waals surface area contributed by atoms with Gasteiger partial charge in [-0.05, 0) is 43.6 Å². The Morgan fingerprint density at radius 2 is 1.80 bits per heavy atom. The van der Waals surface area contributed by atoms with Gasteiger partial charge in [0.05, 0.1) is 0 Å². The van der Waals surface area contributed by atoms with E-state index in [9.17, 15) is 0 Å². The first-order valence-corrected chi connectivity index (χ1v) is 6.00. The molecule has 0 bridgehead atoms. The molecule has 0 spiro atoms. The predicted molar refractivity (Wildman–Crippen MR) is 60.6 cm³/mol. The molecule has 3 N–H and O–H groups in total. The van der Waals surface area contributed by atoms with Gasteiger partial charge in [-0.1, -0.05) is 19.3 Å². The van der Waals surface area contributed by atoms with Gasteiger partial charge >= 0.3 is 0 Å². The molecule has 2 fully saturated rings. The Labute approximate surface area is 92.0 Å². The van der Waals surface area contributed by atoms with Gasteiger partial charge in [-0.2, -0.15) is 0 Å². The highest BCUT2D eigenvalue weighted by Crippen LogP contribution is 2.55. The van der Waals surface area contributed by atoms with Crippen LogP contribution < -0.4 is 5.73 Å². The van der Waals surface area contributed by atoms with Crippen molar-refractivity contribution in [3.63, 3.8) is 0 Å². The van der Waals surface area contributed by atoms with Crippen LogP contribution in [-0.4, -0.2) is 17.6 Å². The minimum atomic E-state index is -0.833. The first-order chi connectivity index (χ1) is 7.10. The number of nitrogens with two attached hydrogens (primary N) is 1. The SMILES string of the molecule is CC(=O)O.NCC1(C2CCCCC2)CC1. The summed E-state index contributed by atoms with van der Waals surface area (Å²) in [5, 5.41) is 7.42. The summed E-state index contributed by atoms with van der Waals surface area (Å²) in [6.07, 6.45) is 10.2. The summed E-state index contributed by atoms with van der Waals surface area (Å²) >= 11 is 0. The minimum Gasteiger partial charge on any atom is -0.481 e. The first-order valence-electron chi connectivity index (χ1n) is 6.00. The molecule has 88 valence electrons. The van der Waals surface area contributed by atoms with Gasteiger partial charge in [-0.25, -0.2) is 0 Å². The van der Waals surface area contributed by atoms with Gasteiger partial charge in [0.1, 0.15) is 0 Å². The molecule has 0 heterocycles. The summed E-state index contributed by atoms with van der Waals surface area (Å²) in [4.78, 5) is 9.00. The second-order valence-corrected chi connectivity index (χ2v) is 4.92. The van der Waals surface area contributed by atoms with Gasteiger partial charge < -0.3 is 10.8 Å². The lowest BCUT2D eigenvalue weighted by Crippen LogP contribution is -2.26. The Morgan fingerprint density at radius 1 is 1.33 bits per heavy atom. The Kier molecular flexibility index (Phi) is 4.58. The standard InChI is InChI=1S/C10H19N.C2H4O2/c11-8-10(6-7-10)9-4-2-1-3-5-9;1-2(3)4/h9H,1-8,11H2;1H3,(H,3,4). The Bertz CT molecular complexity index is 202. The largest absolute Gasteiger partial charge is 0.481 e. The molecule has 0 amide bonds. The van der Waals surface area contributed by atoms with Crippen molar-refractivity contribution in [2.75, 3.05) is 6.54 Å². The number of carboxylic acid groups (broad SMARTS) is 1. The van der Waals surface area contributed by atoms with Gasteiger partial charge in [-0.15, -0.1) is 0 Å². The van der Waals surface area contributed by atoms with Crippen LogP contribution in [0.1, 0.15) is 51.9 Å².